The molecular formula is C18H20N4O2S. The van der Waals surface area contributed by atoms with Crippen LogP contribution < -0.4 is 15.4 Å². The summed E-state index contributed by atoms with van der Waals surface area (Å²) in [6.45, 7) is 3.12. The molecule has 6 nitrogen and oxygen atoms in total. The highest BCUT2D eigenvalue weighted by Gasteiger charge is 2.08. The van der Waals surface area contributed by atoms with Crippen LogP contribution in [-0.4, -0.2) is 29.5 Å². The van der Waals surface area contributed by atoms with E-state index in [1.165, 1.54) is 0 Å². The summed E-state index contributed by atoms with van der Waals surface area (Å²) < 4.78 is 7.04. The predicted octanol–water partition coefficient (Wildman–Crippen LogP) is 3.75. The zero-order chi connectivity index (χ0) is 17.6. The van der Waals surface area contributed by atoms with E-state index in [1.54, 1.807) is 24.5 Å². The first kappa shape index (κ1) is 17.0. The van der Waals surface area contributed by atoms with E-state index in [9.17, 15) is 4.79 Å². The van der Waals surface area contributed by atoms with Crippen LogP contribution in [0.25, 0.3) is 10.6 Å². The number of aryl methyl sites for hydroxylation is 1. The van der Waals surface area contributed by atoms with E-state index < -0.39 is 0 Å². The number of methoxy groups -OCH3 is 1. The van der Waals surface area contributed by atoms with E-state index in [0.717, 1.165) is 16.3 Å². The number of aromatic nitrogens is 2. The minimum absolute atomic E-state index is 0.253. The van der Waals surface area contributed by atoms with Crippen LogP contribution in [0.2, 0.25) is 0 Å². The Balaban J connectivity index is 1.51. The first-order chi connectivity index (χ1) is 12.2. The number of nitrogens with zero attached hydrogens (tertiary/aromatic N) is 2. The third-order valence-corrected chi connectivity index (χ3v) is 4.58. The molecule has 3 aromatic rings. The van der Waals surface area contributed by atoms with Gasteiger partial charge in [-0.15, -0.1) is 11.3 Å². The fraction of sp³-hybridized carbons (Fsp3) is 0.222. The standard InChI is InChI=1S/C18H20N4O2S/c1-13-11-16(17-7-4-10-25-17)21-22(13)9-8-19-18(23)20-14-5-3-6-15(12-14)24-2/h3-7,10-12H,8-9H2,1-2H3,(H2,19,20,23). The van der Waals surface area contributed by atoms with Gasteiger partial charge in [-0.1, -0.05) is 12.1 Å². The zero-order valence-electron chi connectivity index (χ0n) is 14.2. The van der Waals surface area contributed by atoms with E-state index in [4.69, 9.17) is 4.74 Å². The molecule has 3 rings (SSSR count). The third-order valence-electron chi connectivity index (χ3n) is 3.69. The highest BCUT2D eigenvalue weighted by atomic mass is 32.1. The smallest absolute Gasteiger partial charge is 0.319 e. The van der Waals surface area contributed by atoms with Crippen LogP contribution in [-0.2, 0) is 6.54 Å². The minimum atomic E-state index is -0.253. The van der Waals surface area contributed by atoms with Crippen LogP contribution >= 0.6 is 11.3 Å². The van der Waals surface area contributed by atoms with Crippen molar-refractivity contribution < 1.29 is 9.53 Å². The van der Waals surface area contributed by atoms with E-state index >= 15 is 0 Å². The summed E-state index contributed by atoms with van der Waals surface area (Å²) in [5, 5.41) is 12.3. The Morgan fingerprint density at radius 3 is 2.92 bits per heavy atom. The van der Waals surface area contributed by atoms with Gasteiger partial charge in [-0.25, -0.2) is 4.79 Å². The number of benzene rings is 1. The van der Waals surface area contributed by atoms with Crippen LogP contribution in [0.3, 0.4) is 0 Å². The lowest BCUT2D eigenvalue weighted by Crippen LogP contribution is -2.31. The van der Waals surface area contributed by atoms with Crippen LogP contribution in [0.15, 0.2) is 47.8 Å². The molecule has 0 atom stereocenters. The zero-order valence-corrected chi connectivity index (χ0v) is 15.0. The summed E-state index contributed by atoms with van der Waals surface area (Å²) in [5.74, 6) is 0.700. The second kappa shape index (κ2) is 7.85. The Bertz CT molecular complexity index is 843. The van der Waals surface area contributed by atoms with Gasteiger partial charge in [0.2, 0.25) is 0 Å². The third kappa shape index (κ3) is 4.39. The topological polar surface area (TPSA) is 68.2 Å². The number of anilines is 1. The summed E-state index contributed by atoms with van der Waals surface area (Å²) in [6, 6.07) is 13.1. The Morgan fingerprint density at radius 1 is 1.28 bits per heavy atom. The summed E-state index contributed by atoms with van der Waals surface area (Å²) in [4.78, 5) is 13.1. The SMILES string of the molecule is COc1cccc(NC(=O)NCCn2nc(-c3cccs3)cc2C)c1. The molecule has 2 aromatic heterocycles. The fourth-order valence-electron chi connectivity index (χ4n) is 2.43. The molecule has 0 saturated carbocycles. The molecule has 0 unspecified atom stereocenters. The molecule has 0 bridgehead atoms. The molecule has 0 saturated heterocycles. The number of carbonyl (C=O) groups is 1. The summed E-state index contributed by atoms with van der Waals surface area (Å²) >= 11 is 1.67. The summed E-state index contributed by atoms with van der Waals surface area (Å²) in [6.07, 6.45) is 0. The maximum Gasteiger partial charge on any atom is 0.319 e. The number of hydrogen-bond donors (Lipinski definition) is 2. The maximum absolute atomic E-state index is 12.0. The van der Waals surface area contributed by atoms with Gasteiger partial charge in [0.05, 0.1) is 18.5 Å². The molecular weight excluding hydrogens is 336 g/mol. The van der Waals surface area contributed by atoms with Crippen molar-refractivity contribution in [1.82, 2.24) is 15.1 Å². The molecule has 2 amide bonds. The van der Waals surface area contributed by atoms with Crippen molar-refractivity contribution in [2.45, 2.75) is 13.5 Å². The van der Waals surface area contributed by atoms with E-state index in [-0.39, 0.29) is 6.03 Å². The Hall–Kier alpha value is -2.80. The molecule has 0 aliphatic heterocycles. The van der Waals surface area contributed by atoms with Crippen molar-refractivity contribution in [1.29, 1.82) is 0 Å². The number of thiophene rings is 1. The van der Waals surface area contributed by atoms with Gasteiger partial charge < -0.3 is 15.4 Å². The number of nitrogens with one attached hydrogen (secondary N) is 2. The number of ether oxygens (including phenoxy) is 1. The van der Waals surface area contributed by atoms with E-state index in [1.807, 2.05) is 41.3 Å². The molecule has 0 radical (unpaired) electrons. The van der Waals surface area contributed by atoms with Crippen LogP contribution in [0.4, 0.5) is 10.5 Å². The maximum atomic E-state index is 12.0. The number of carbonyl (C=O) groups excluding carboxylic acids is 1. The normalized spacial score (nSPS) is 10.5. The van der Waals surface area contributed by atoms with Crippen molar-refractivity contribution >= 4 is 23.1 Å². The van der Waals surface area contributed by atoms with Crippen LogP contribution in [0.1, 0.15) is 5.69 Å². The Labute approximate surface area is 150 Å². The van der Waals surface area contributed by atoms with E-state index in [0.29, 0.717) is 24.5 Å². The molecule has 2 heterocycles. The van der Waals surface area contributed by atoms with Gasteiger partial charge in [0, 0.05) is 24.0 Å². The number of amides is 2. The molecule has 0 aliphatic carbocycles. The van der Waals surface area contributed by atoms with Gasteiger partial charge >= 0.3 is 6.03 Å². The number of rotatable bonds is 6. The Morgan fingerprint density at radius 2 is 2.16 bits per heavy atom. The van der Waals surface area contributed by atoms with Gasteiger partial charge in [0.1, 0.15) is 11.4 Å². The van der Waals surface area contributed by atoms with Crippen molar-refractivity contribution in [2.24, 2.45) is 0 Å². The monoisotopic (exact) mass is 356 g/mol. The number of urea groups is 1. The van der Waals surface area contributed by atoms with Gasteiger partial charge in [-0.05, 0) is 36.6 Å². The molecule has 0 fully saturated rings. The van der Waals surface area contributed by atoms with Crippen molar-refractivity contribution in [3.8, 4) is 16.3 Å². The highest BCUT2D eigenvalue weighted by Crippen LogP contribution is 2.23. The lowest BCUT2D eigenvalue weighted by molar-refractivity contribution is 0.251. The van der Waals surface area contributed by atoms with E-state index in [2.05, 4.69) is 27.9 Å². The highest BCUT2D eigenvalue weighted by molar-refractivity contribution is 7.13. The number of hydrogen-bond acceptors (Lipinski definition) is 4. The predicted molar refractivity (Wildman–Crippen MR) is 100 cm³/mol. The lowest BCUT2D eigenvalue weighted by atomic mass is 10.3. The summed E-state index contributed by atoms with van der Waals surface area (Å²) in [7, 11) is 1.59. The largest absolute Gasteiger partial charge is 0.497 e. The first-order valence-corrected chi connectivity index (χ1v) is 8.81. The van der Waals surface area contributed by atoms with Crippen molar-refractivity contribution in [2.75, 3.05) is 19.0 Å². The second-order valence-corrected chi connectivity index (χ2v) is 6.43. The van der Waals surface area contributed by atoms with Gasteiger partial charge in [-0.3, -0.25) is 4.68 Å². The molecule has 130 valence electrons. The fourth-order valence-corrected chi connectivity index (χ4v) is 3.11. The molecule has 0 aliphatic rings. The van der Waals surface area contributed by atoms with Gasteiger partial charge in [0.15, 0.2) is 0 Å². The second-order valence-electron chi connectivity index (χ2n) is 5.48. The average Bonchev–Trinajstić information content (AvgIpc) is 3.25. The first-order valence-electron chi connectivity index (χ1n) is 7.93. The summed E-state index contributed by atoms with van der Waals surface area (Å²) in [5.41, 5.74) is 2.72. The van der Waals surface area contributed by atoms with Gasteiger partial charge in [0.25, 0.3) is 0 Å². The Kier molecular flexibility index (Phi) is 5.35. The quantitative estimate of drug-likeness (QED) is 0.707. The molecule has 25 heavy (non-hydrogen) atoms. The molecule has 0 spiro atoms. The molecule has 2 N–H and O–H groups in total. The lowest BCUT2D eigenvalue weighted by Gasteiger charge is -2.09. The van der Waals surface area contributed by atoms with Crippen LogP contribution in [0.5, 0.6) is 5.75 Å². The molecule has 1 aromatic carbocycles. The average molecular weight is 356 g/mol. The van der Waals surface area contributed by atoms with Gasteiger partial charge in [-0.2, -0.15) is 5.10 Å². The van der Waals surface area contributed by atoms with Crippen LogP contribution in [0, 0.1) is 6.92 Å². The minimum Gasteiger partial charge on any atom is -0.497 e. The molecule has 7 heteroatoms. The van der Waals surface area contributed by atoms with Crippen molar-refractivity contribution in [3.63, 3.8) is 0 Å². The van der Waals surface area contributed by atoms with Crippen molar-refractivity contribution in [3.05, 3.63) is 53.5 Å².